The van der Waals surface area contributed by atoms with E-state index < -0.39 is 0 Å². The van der Waals surface area contributed by atoms with Crippen LogP contribution < -0.4 is 15.5 Å². The number of carbonyl (C=O) groups excluding carboxylic acids is 2. The lowest BCUT2D eigenvalue weighted by molar-refractivity contribution is -0.115. The van der Waals surface area contributed by atoms with Gasteiger partial charge in [0, 0.05) is 6.54 Å². The van der Waals surface area contributed by atoms with Crippen molar-refractivity contribution in [3.8, 4) is 0 Å². The van der Waals surface area contributed by atoms with Crippen LogP contribution in [-0.2, 0) is 17.8 Å². The molecule has 1 fully saturated rings. The molecule has 2 aliphatic rings. The van der Waals surface area contributed by atoms with Crippen molar-refractivity contribution in [1.82, 2.24) is 10.6 Å². The molecule has 2 aliphatic heterocycles. The van der Waals surface area contributed by atoms with Gasteiger partial charge in [0.15, 0.2) is 0 Å². The van der Waals surface area contributed by atoms with E-state index in [-0.39, 0.29) is 18.5 Å². The van der Waals surface area contributed by atoms with Crippen LogP contribution in [-0.4, -0.2) is 25.0 Å². The molecule has 88 valence electrons. The smallest absolute Gasteiger partial charge is 0.328 e. The van der Waals surface area contributed by atoms with Crippen LogP contribution in [0.25, 0.3) is 0 Å². The summed E-state index contributed by atoms with van der Waals surface area (Å²) in [6, 6.07) is 5.44. The molecule has 1 aromatic carbocycles. The van der Waals surface area contributed by atoms with Gasteiger partial charge in [0.05, 0.1) is 12.2 Å². The summed E-state index contributed by atoms with van der Waals surface area (Å²) in [6.45, 7) is 1.78. The fourth-order valence-electron chi connectivity index (χ4n) is 2.39. The molecular formula is C12H13N3O2. The monoisotopic (exact) mass is 231 g/mol. The van der Waals surface area contributed by atoms with Crippen molar-refractivity contribution in [2.45, 2.75) is 13.0 Å². The van der Waals surface area contributed by atoms with Crippen LogP contribution in [0.1, 0.15) is 11.1 Å². The third kappa shape index (κ3) is 1.59. The third-order valence-corrected chi connectivity index (χ3v) is 3.20. The van der Waals surface area contributed by atoms with Crippen molar-refractivity contribution in [3.05, 3.63) is 29.3 Å². The van der Waals surface area contributed by atoms with Crippen molar-refractivity contribution in [2.75, 3.05) is 18.0 Å². The highest BCUT2D eigenvalue weighted by molar-refractivity contribution is 6.20. The summed E-state index contributed by atoms with van der Waals surface area (Å²) in [5.41, 5.74) is 3.02. The number of rotatable bonds is 1. The lowest BCUT2D eigenvalue weighted by Crippen LogP contribution is -2.33. The maximum Gasteiger partial charge on any atom is 0.329 e. The van der Waals surface area contributed by atoms with Gasteiger partial charge in [-0.05, 0) is 30.2 Å². The predicted molar refractivity (Wildman–Crippen MR) is 62.7 cm³/mol. The summed E-state index contributed by atoms with van der Waals surface area (Å²) < 4.78 is 0. The second-order valence-electron chi connectivity index (χ2n) is 4.23. The zero-order chi connectivity index (χ0) is 11.8. The van der Waals surface area contributed by atoms with E-state index >= 15 is 0 Å². The lowest BCUT2D eigenvalue weighted by atomic mass is 9.98. The van der Waals surface area contributed by atoms with Gasteiger partial charge in [-0.2, -0.15) is 0 Å². The quantitative estimate of drug-likeness (QED) is 0.687. The average Bonchev–Trinajstić information content (AvgIpc) is 2.69. The number of benzene rings is 1. The zero-order valence-electron chi connectivity index (χ0n) is 9.32. The molecule has 2 heterocycles. The van der Waals surface area contributed by atoms with Gasteiger partial charge in [-0.15, -0.1) is 0 Å². The molecule has 0 bridgehead atoms. The molecule has 5 nitrogen and oxygen atoms in total. The Morgan fingerprint density at radius 3 is 2.82 bits per heavy atom. The number of amides is 3. The minimum Gasteiger partial charge on any atom is -0.328 e. The highest BCUT2D eigenvalue weighted by Crippen LogP contribution is 2.27. The van der Waals surface area contributed by atoms with Gasteiger partial charge in [0.2, 0.25) is 0 Å². The lowest BCUT2D eigenvalue weighted by Gasteiger charge is -2.23. The van der Waals surface area contributed by atoms with Gasteiger partial charge < -0.3 is 10.6 Å². The first kappa shape index (κ1) is 10.3. The highest BCUT2D eigenvalue weighted by atomic mass is 16.2. The molecule has 0 saturated carbocycles. The van der Waals surface area contributed by atoms with Crippen molar-refractivity contribution in [1.29, 1.82) is 0 Å². The van der Waals surface area contributed by atoms with Crippen LogP contribution >= 0.6 is 0 Å². The maximum atomic E-state index is 11.7. The van der Waals surface area contributed by atoms with Crippen molar-refractivity contribution >= 4 is 17.6 Å². The number of carbonyl (C=O) groups is 2. The van der Waals surface area contributed by atoms with Crippen LogP contribution in [0.4, 0.5) is 10.5 Å². The molecule has 0 radical (unpaired) electrons. The Balaban J connectivity index is 2.08. The normalized spacial score (nSPS) is 19.2. The number of nitrogens with zero attached hydrogens (tertiary/aromatic N) is 1. The topological polar surface area (TPSA) is 61.4 Å². The molecule has 1 saturated heterocycles. The van der Waals surface area contributed by atoms with E-state index in [1.165, 1.54) is 10.5 Å². The number of hydrogen-bond acceptors (Lipinski definition) is 3. The Bertz CT molecular complexity index is 483. The predicted octanol–water partition coefficient (Wildman–Crippen LogP) is 0.389. The molecule has 3 rings (SSSR count). The molecule has 1 aromatic rings. The summed E-state index contributed by atoms with van der Waals surface area (Å²) in [4.78, 5) is 24.6. The minimum atomic E-state index is -0.318. The fraction of sp³-hybridized carbons (Fsp3) is 0.333. The van der Waals surface area contributed by atoms with Crippen LogP contribution in [0.3, 0.4) is 0 Å². The first-order valence-corrected chi connectivity index (χ1v) is 5.69. The van der Waals surface area contributed by atoms with E-state index in [1.54, 1.807) is 0 Å². The summed E-state index contributed by atoms with van der Waals surface area (Å²) in [5.74, 6) is -0.179. The summed E-state index contributed by atoms with van der Waals surface area (Å²) in [5, 5.41) is 5.82. The standard InChI is InChI=1S/C12H13N3O2/c16-11-7-14-12(17)15(11)10-3-1-2-8-6-13-5-4-9(8)10/h1-3,13H,4-7H2,(H,14,17). The van der Waals surface area contributed by atoms with Crippen molar-refractivity contribution in [2.24, 2.45) is 0 Å². The average molecular weight is 231 g/mol. The van der Waals surface area contributed by atoms with Gasteiger partial charge >= 0.3 is 6.03 Å². The fourth-order valence-corrected chi connectivity index (χ4v) is 2.39. The first-order valence-electron chi connectivity index (χ1n) is 5.69. The number of fused-ring (bicyclic) bond motifs is 1. The molecule has 2 N–H and O–H groups in total. The van der Waals surface area contributed by atoms with E-state index in [0.717, 1.165) is 30.8 Å². The zero-order valence-corrected chi connectivity index (χ0v) is 9.32. The molecule has 0 aliphatic carbocycles. The number of urea groups is 1. The molecule has 0 spiro atoms. The Kier molecular flexibility index (Phi) is 2.33. The second kappa shape index (κ2) is 3.85. The Labute approximate surface area is 98.8 Å². The van der Waals surface area contributed by atoms with Crippen LogP contribution in [0, 0.1) is 0 Å². The molecule has 5 heteroatoms. The number of hydrogen-bond donors (Lipinski definition) is 2. The largest absolute Gasteiger partial charge is 0.329 e. The molecule has 0 atom stereocenters. The van der Waals surface area contributed by atoms with E-state index in [2.05, 4.69) is 10.6 Å². The van der Waals surface area contributed by atoms with Gasteiger partial charge in [-0.3, -0.25) is 4.79 Å². The van der Waals surface area contributed by atoms with E-state index in [9.17, 15) is 9.59 Å². The van der Waals surface area contributed by atoms with Crippen molar-refractivity contribution in [3.63, 3.8) is 0 Å². The Morgan fingerprint density at radius 2 is 2.06 bits per heavy atom. The summed E-state index contributed by atoms with van der Waals surface area (Å²) in [7, 11) is 0. The van der Waals surface area contributed by atoms with Gasteiger partial charge in [0.1, 0.15) is 0 Å². The second-order valence-corrected chi connectivity index (χ2v) is 4.23. The Hall–Kier alpha value is -1.88. The van der Waals surface area contributed by atoms with Gasteiger partial charge in [-0.25, -0.2) is 9.69 Å². The van der Waals surface area contributed by atoms with Crippen LogP contribution in [0.5, 0.6) is 0 Å². The molecule has 17 heavy (non-hydrogen) atoms. The van der Waals surface area contributed by atoms with Gasteiger partial charge in [-0.1, -0.05) is 12.1 Å². The molecular weight excluding hydrogens is 218 g/mol. The maximum absolute atomic E-state index is 11.7. The highest BCUT2D eigenvalue weighted by Gasteiger charge is 2.32. The summed E-state index contributed by atoms with van der Waals surface area (Å²) >= 11 is 0. The molecule has 0 aromatic heterocycles. The van der Waals surface area contributed by atoms with Crippen LogP contribution in [0.2, 0.25) is 0 Å². The van der Waals surface area contributed by atoms with Gasteiger partial charge in [0.25, 0.3) is 5.91 Å². The summed E-state index contributed by atoms with van der Waals surface area (Å²) in [6.07, 6.45) is 0.850. The van der Waals surface area contributed by atoms with E-state index in [0.29, 0.717) is 0 Å². The van der Waals surface area contributed by atoms with Crippen molar-refractivity contribution < 1.29 is 9.59 Å². The minimum absolute atomic E-state index is 0.0980. The van der Waals surface area contributed by atoms with Crippen LogP contribution in [0.15, 0.2) is 18.2 Å². The first-order chi connectivity index (χ1) is 8.27. The van der Waals surface area contributed by atoms with E-state index in [1.807, 2.05) is 18.2 Å². The third-order valence-electron chi connectivity index (χ3n) is 3.20. The number of nitrogens with one attached hydrogen (secondary N) is 2. The SMILES string of the molecule is O=C1CNC(=O)N1c1cccc2c1CCNC2. The molecule has 3 amide bonds. The van der Waals surface area contributed by atoms with E-state index in [4.69, 9.17) is 0 Å². The Morgan fingerprint density at radius 1 is 1.18 bits per heavy atom. The number of anilines is 1. The molecule has 0 unspecified atom stereocenters. The number of imide groups is 1.